The Labute approximate surface area is 94.0 Å². The Hall–Kier alpha value is -0.970. The average Bonchev–Trinajstić information content (AvgIpc) is 2.49. The van der Waals surface area contributed by atoms with Crippen molar-refractivity contribution in [3.05, 3.63) is 29.8 Å². The van der Waals surface area contributed by atoms with Crippen LogP contribution in [0.5, 0.6) is 0 Å². The van der Waals surface area contributed by atoms with Crippen LogP contribution in [0, 0.1) is 11.6 Å². The van der Waals surface area contributed by atoms with Crippen LogP contribution in [-0.4, -0.2) is 17.3 Å². The summed E-state index contributed by atoms with van der Waals surface area (Å²) in [5.41, 5.74) is -0.246. The van der Waals surface area contributed by atoms with Crippen LogP contribution in [0.3, 0.4) is 0 Å². The van der Waals surface area contributed by atoms with Crippen molar-refractivity contribution in [2.75, 3.05) is 11.4 Å². The van der Waals surface area contributed by atoms with Crippen LogP contribution in [0.4, 0.5) is 14.5 Å². The zero-order valence-electron chi connectivity index (χ0n) is 7.71. The van der Waals surface area contributed by atoms with E-state index >= 15 is 0 Å². The number of carbonyl (C=O) groups excluding carboxylic acids is 1. The van der Waals surface area contributed by atoms with Gasteiger partial charge in [0.25, 0.3) is 0 Å². The standard InChI is InChI=1S/C10H8BrF2NO/c11-6-4-5-14(10(6)15)9-7(12)2-1-3-8(9)13/h1-3,6H,4-5H2. The van der Waals surface area contributed by atoms with Crippen molar-refractivity contribution in [2.45, 2.75) is 11.2 Å². The lowest BCUT2D eigenvalue weighted by Crippen LogP contribution is -2.28. The first kappa shape index (κ1) is 10.5. The van der Waals surface area contributed by atoms with E-state index in [1.54, 1.807) is 0 Å². The van der Waals surface area contributed by atoms with Crippen LogP contribution in [0.1, 0.15) is 6.42 Å². The van der Waals surface area contributed by atoms with Crippen molar-refractivity contribution in [3.8, 4) is 0 Å². The molecule has 1 saturated heterocycles. The topological polar surface area (TPSA) is 20.3 Å². The highest BCUT2D eigenvalue weighted by atomic mass is 79.9. The smallest absolute Gasteiger partial charge is 0.240 e. The van der Waals surface area contributed by atoms with Crippen molar-refractivity contribution in [1.29, 1.82) is 0 Å². The van der Waals surface area contributed by atoms with Crippen LogP contribution < -0.4 is 4.90 Å². The minimum Gasteiger partial charge on any atom is -0.306 e. The van der Waals surface area contributed by atoms with E-state index < -0.39 is 11.6 Å². The minimum atomic E-state index is -0.704. The first-order chi connectivity index (χ1) is 7.11. The molecule has 1 aromatic rings. The normalized spacial score (nSPS) is 21.1. The van der Waals surface area contributed by atoms with Gasteiger partial charge >= 0.3 is 0 Å². The first-order valence-corrected chi connectivity index (χ1v) is 5.42. The molecule has 1 aromatic carbocycles. The molecular weight excluding hydrogens is 268 g/mol. The fraction of sp³-hybridized carbons (Fsp3) is 0.300. The van der Waals surface area contributed by atoms with E-state index in [1.807, 2.05) is 0 Å². The van der Waals surface area contributed by atoms with E-state index in [-0.39, 0.29) is 16.4 Å². The highest BCUT2D eigenvalue weighted by Gasteiger charge is 2.33. The third-order valence-corrected chi connectivity index (χ3v) is 3.20. The number of hydrogen-bond donors (Lipinski definition) is 0. The molecule has 2 nitrogen and oxygen atoms in total. The summed E-state index contributed by atoms with van der Waals surface area (Å²) < 4.78 is 26.7. The summed E-state index contributed by atoms with van der Waals surface area (Å²) in [5, 5.41) is 0. The number of nitrogens with zero attached hydrogens (tertiary/aromatic N) is 1. The Kier molecular flexibility index (Phi) is 2.73. The van der Waals surface area contributed by atoms with Gasteiger partial charge in [-0.05, 0) is 18.6 Å². The van der Waals surface area contributed by atoms with Gasteiger partial charge in [-0.1, -0.05) is 22.0 Å². The number of amides is 1. The Bertz CT molecular complexity index is 390. The molecule has 0 spiro atoms. The third-order valence-electron chi connectivity index (χ3n) is 2.35. The van der Waals surface area contributed by atoms with E-state index in [0.29, 0.717) is 13.0 Å². The molecule has 15 heavy (non-hydrogen) atoms. The number of anilines is 1. The maximum absolute atomic E-state index is 13.4. The van der Waals surface area contributed by atoms with Crippen molar-refractivity contribution < 1.29 is 13.6 Å². The lowest BCUT2D eigenvalue weighted by atomic mass is 10.2. The number of alkyl halides is 1. The molecule has 1 aliphatic rings. The van der Waals surface area contributed by atoms with E-state index in [4.69, 9.17) is 0 Å². The van der Waals surface area contributed by atoms with Gasteiger partial charge in [-0.2, -0.15) is 0 Å². The van der Waals surface area contributed by atoms with Crippen molar-refractivity contribution >= 4 is 27.5 Å². The van der Waals surface area contributed by atoms with Gasteiger partial charge in [0.2, 0.25) is 5.91 Å². The highest BCUT2D eigenvalue weighted by molar-refractivity contribution is 9.10. The molecule has 0 bridgehead atoms. The zero-order chi connectivity index (χ0) is 11.0. The molecule has 0 saturated carbocycles. The Morgan fingerprint density at radius 2 is 1.93 bits per heavy atom. The molecule has 1 unspecified atom stereocenters. The first-order valence-electron chi connectivity index (χ1n) is 4.50. The van der Waals surface area contributed by atoms with Gasteiger partial charge in [0, 0.05) is 6.54 Å². The molecule has 1 amide bonds. The summed E-state index contributed by atoms with van der Waals surface area (Å²) in [6.07, 6.45) is 0.562. The van der Waals surface area contributed by atoms with Crippen LogP contribution in [-0.2, 0) is 4.79 Å². The number of hydrogen-bond acceptors (Lipinski definition) is 1. The number of halogens is 3. The summed E-state index contributed by atoms with van der Waals surface area (Å²) >= 11 is 3.15. The lowest BCUT2D eigenvalue weighted by molar-refractivity contribution is -0.116. The molecule has 2 rings (SSSR count). The SMILES string of the molecule is O=C1C(Br)CCN1c1c(F)cccc1F. The molecule has 80 valence electrons. The monoisotopic (exact) mass is 275 g/mol. The molecule has 0 N–H and O–H groups in total. The van der Waals surface area contributed by atoms with Crippen LogP contribution >= 0.6 is 15.9 Å². The average molecular weight is 276 g/mol. The predicted molar refractivity (Wildman–Crippen MR) is 56.0 cm³/mol. The summed E-state index contributed by atoms with van der Waals surface area (Å²) in [7, 11) is 0. The molecular formula is C10H8BrF2NO. The number of carbonyl (C=O) groups is 1. The molecule has 0 aliphatic carbocycles. The molecule has 1 aliphatic heterocycles. The van der Waals surface area contributed by atoms with Gasteiger partial charge in [0.1, 0.15) is 17.3 Å². The largest absolute Gasteiger partial charge is 0.306 e. The summed E-state index contributed by atoms with van der Waals surface area (Å²) in [4.78, 5) is 12.4. The Balaban J connectivity index is 2.42. The molecule has 1 heterocycles. The highest BCUT2D eigenvalue weighted by Crippen LogP contribution is 2.29. The van der Waals surface area contributed by atoms with Crippen molar-refractivity contribution in [3.63, 3.8) is 0 Å². The second-order valence-corrected chi connectivity index (χ2v) is 4.42. The van der Waals surface area contributed by atoms with Gasteiger partial charge in [0.15, 0.2) is 0 Å². The van der Waals surface area contributed by atoms with Gasteiger partial charge in [0.05, 0.1) is 4.83 Å². The van der Waals surface area contributed by atoms with Crippen molar-refractivity contribution in [2.24, 2.45) is 0 Å². The zero-order valence-corrected chi connectivity index (χ0v) is 9.30. The second-order valence-electron chi connectivity index (χ2n) is 3.32. The predicted octanol–water partition coefficient (Wildman–Crippen LogP) is 2.47. The molecule has 0 aromatic heterocycles. The van der Waals surface area contributed by atoms with Gasteiger partial charge in [-0.15, -0.1) is 0 Å². The van der Waals surface area contributed by atoms with E-state index in [0.717, 1.165) is 17.0 Å². The van der Waals surface area contributed by atoms with E-state index in [2.05, 4.69) is 15.9 Å². The minimum absolute atomic E-state index is 0.246. The van der Waals surface area contributed by atoms with Gasteiger partial charge in [-0.3, -0.25) is 4.79 Å². The lowest BCUT2D eigenvalue weighted by Gasteiger charge is -2.17. The maximum Gasteiger partial charge on any atom is 0.240 e. The summed E-state index contributed by atoms with van der Waals surface area (Å²) in [6, 6.07) is 3.57. The Morgan fingerprint density at radius 1 is 1.33 bits per heavy atom. The fourth-order valence-corrected chi connectivity index (χ4v) is 2.07. The third kappa shape index (κ3) is 1.76. The summed E-state index contributed by atoms with van der Waals surface area (Å²) in [5.74, 6) is -1.70. The van der Waals surface area contributed by atoms with Crippen molar-refractivity contribution in [1.82, 2.24) is 0 Å². The van der Waals surface area contributed by atoms with Gasteiger partial charge in [-0.25, -0.2) is 8.78 Å². The molecule has 1 fully saturated rings. The number of para-hydroxylation sites is 1. The summed E-state index contributed by atoms with van der Waals surface area (Å²) in [6.45, 7) is 0.340. The molecule has 5 heteroatoms. The van der Waals surface area contributed by atoms with Crippen LogP contribution in [0.25, 0.3) is 0 Å². The Morgan fingerprint density at radius 3 is 2.40 bits per heavy atom. The second kappa shape index (κ2) is 3.89. The fourth-order valence-electron chi connectivity index (χ4n) is 1.61. The van der Waals surface area contributed by atoms with E-state index in [9.17, 15) is 13.6 Å². The number of rotatable bonds is 1. The van der Waals surface area contributed by atoms with Crippen LogP contribution in [0.2, 0.25) is 0 Å². The molecule has 0 radical (unpaired) electrons. The van der Waals surface area contributed by atoms with E-state index in [1.165, 1.54) is 6.07 Å². The van der Waals surface area contributed by atoms with Crippen LogP contribution in [0.15, 0.2) is 18.2 Å². The quantitative estimate of drug-likeness (QED) is 0.721. The maximum atomic E-state index is 13.4. The van der Waals surface area contributed by atoms with Gasteiger partial charge < -0.3 is 4.90 Å². The molecule has 1 atom stereocenters. The number of benzene rings is 1.